The van der Waals surface area contributed by atoms with Gasteiger partial charge in [0.1, 0.15) is 12.7 Å². The summed E-state index contributed by atoms with van der Waals surface area (Å²) in [7, 11) is 0. The molecule has 0 bridgehead atoms. The van der Waals surface area contributed by atoms with Crippen molar-refractivity contribution in [2.24, 2.45) is 0 Å². The number of benzene rings is 1. The molecule has 1 aliphatic carbocycles. The molecule has 1 fully saturated rings. The van der Waals surface area contributed by atoms with E-state index in [2.05, 4.69) is 0 Å². The summed E-state index contributed by atoms with van der Waals surface area (Å²) in [5.74, 6) is -1.56. The number of epoxide rings is 1. The molecular formula is C18H18O7. The van der Waals surface area contributed by atoms with Crippen LogP contribution in [-0.2, 0) is 28.5 Å². The third-order valence-electron chi connectivity index (χ3n) is 4.06. The van der Waals surface area contributed by atoms with Crippen molar-refractivity contribution in [3.05, 3.63) is 48.0 Å². The molecule has 1 saturated heterocycles. The van der Waals surface area contributed by atoms with Crippen molar-refractivity contribution in [3.8, 4) is 0 Å². The van der Waals surface area contributed by atoms with Crippen LogP contribution in [-0.4, -0.2) is 48.4 Å². The van der Waals surface area contributed by atoms with Crippen molar-refractivity contribution >= 4 is 17.9 Å². The first-order valence-electron chi connectivity index (χ1n) is 7.85. The number of carbonyl (C=O) groups is 3. The number of carbonyl (C=O) groups excluding carboxylic acids is 3. The molecule has 1 heterocycles. The minimum atomic E-state index is -1.04. The Kier molecular flexibility index (Phi) is 4.59. The number of hydrogen-bond donors (Lipinski definition) is 0. The maximum atomic E-state index is 12.1. The van der Waals surface area contributed by atoms with Crippen molar-refractivity contribution in [3.63, 3.8) is 0 Å². The van der Waals surface area contributed by atoms with Gasteiger partial charge in [0.2, 0.25) is 0 Å². The molecule has 3 rings (SSSR count). The summed E-state index contributed by atoms with van der Waals surface area (Å²) >= 11 is 0. The van der Waals surface area contributed by atoms with Crippen LogP contribution in [0.25, 0.3) is 0 Å². The van der Waals surface area contributed by atoms with E-state index in [0.717, 1.165) is 0 Å². The maximum Gasteiger partial charge on any atom is 0.338 e. The first kappa shape index (κ1) is 17.2. The summed E-state index contributed by atoms with van der Waals surface area (Å²) in [4.78, 5) is 34.9. The second-order valence-electron chi connectivity index (χ2n) is 5.92. The Labute approximate surface area is 144 Å². The van der Waals surface area contributed by atoms with Gasteiger partial charge in [0, 0.05) is 13.8 Å². The second-order valence-corrected chi connectivity index (χ2v) is 5.92. The average Bonchev–Trinajstić information content (AvgIpc) is 3.30. The van der Waals surface area contributed by atoms with Crippen molar-refractivity contribution in [1.29, 1.82) is 0 Å². The summed E-state index contributed by atoms with van der Waals surface area (Å²) in [6.07, 6.45) is 1.28. The molecule has 4 atom stereocenters. The van der Waals surface area contributed by atoms with Crippen LogP contribution < -0.4 is 0 Å². The minimum absolute atomic E-state index is 0.120. The molecule has 1 aromatic rings. The number of fused-ring (bicyclic) bond motifs is 1. The van der Waals surface area contributed by atoms with Crippen LogP contribution in [0.5, 0.6) is 0 Å². The highest BCUT2D eigenvalue weighted by Crippen LogP contribution is 2.47. The summed E-state index contributed by atoms with van der Waals surface area (Å²) in [6, 6.07) is 8.52. The smallest absolute Gasteiger partial charge is 0.338 e. The van der Waals surface area contributed by atoms with E-state index in [-0.39, 0.29) is 12.7 Å². The molecule has 132 valence electrons. The van der Waals surface area contributed by atoms with Crippen molar-refractivity contribution in [2.45, 2.75) is 37.8 Å². The highest BCUT2D eigenvalue weighted by Gasteiger charge is 2.67. The molecule has 7 nitrogen and oxygen atoms in total. The topological polar surface area (TPSA) is 91.4 Å². The van der Waals surface area contributed by atoms with Crippen LogP contribution in [0.2, 0.25) is 0 Å². The van der Waals surface area contributed by atoms with Gasteiger partial charge < -0.3 is 18.9 Å². The van der Waals surface area contributed by atoms with E-state index in [0.29, 0.717) is 5.56 Å². The lowest BCUT2D eigenvalue weighted by atomic mass is 9.89. The molecule has 0 N–H and O–H groups in total. The highest BCUT2D eigenvalue weighted by atomic mass is 16.7. The number of hydrogen-bond acceptors (Lipinski definition) is 7. The third-order valence-corrected chi connectivity index (χ3v) is 4.06. The lowest BCUT2D eigenvalue weighted by Crippen LogP contribution is -2.50. The molecule has 1 aliphatic heterocycles. The van der Waals surface area contributed by atoms with Crippen LogP contribution in [0, 0.1) is 0 Å². The Bertz CT molecular complexity index is 711. The summed E-state index contributed by atoms with van der Waals surface area (Å²) < 4.78 is 21.5. The first-order valence-corrected chi connectivity index (χ1v) is 7.85. The molecule has 0 aromatic heterocycles. The quantitative estimate of drug-likeness (QED) is 0.344. The molecule has 25 heavy (non-hydrogen) atoms. The predicted octanol–water partition coefficient (Wildman–Crippen LogP) is 1.41. The van der Waals surface area contributed by atoms with E-state index in [1.807, 2.05) is 0 Å². The Morgan fingerprint density at radius 2 is 1.72 bits per heavy atom. The number of esters is 3. The third kappa shape index (κ3) is 3.56. The zero-order valence-electron chi connectivity index (χ0n) is 13.8. The molecule has 0 spiro atoms. The van der Waals surface area contributed by atoms with E-state index in [1.54, 1.807) is 42.5 Å². The zero-order chi connectivity index (χ0) is 18.0. The number of ether oxygens (including phenoxy) is 4. The van der Waals surface area contributed by atoms with Gasteiger partial charge in [-0.1, -0.05) is 24.3 Å². The van der Waals surface area contributed by atoms with Crippen LogP contribution in [0.1, 0.15) is 24.2 Å². The largest absolute Gasteiger partial charge is 0.459 e. The van der Waals surface area contributed by atoms with Gasteiger partial charge in [-0.2, -0.15) is 0 Å². The lowest BCUT2D eigenvalue weighted by Gasteiger charge is -2.31. The van der Waals surface area contributed by atoms with Crippen LogP contribution in [0.3, 0.4) is 0 Å². The molecular weight excluding hydrogens is 328 g/mol. The molecule has 0 saturated carbocycles. The fourth-order valence-electron chi connectivity index (χ4n) is 2.90. The van der Waals surface area contributed by atoms with Crippen LogP contribution >= 0.6 is 0 Å². The fraction of sp³-hybridized carbons (Fsp3) is 0.389. The van der Waals surface area contributed by atoms with Crippen LogP contribution in [0.15, 0.2) is 42.5 Å². The first-order chi connectivity index (χ1) is 11.9. The predicted molar refractivity (Wildman–Crippen MR) is 84.6 cm³/mol. The van der Waals surface area contributed by atoms with E-state index in [9.17, 15) is 14.4 Å². The molecule has 0 radical (unpaired) electrons. The Morgan fingerprint density at radius 1 is 1.04 bits per heavy atom. The highest BCUT2D eigenvalue weighted by molar-refractivity contribution is 5.89. The molecule has 1 aromatic carbocycles. The SMILES string of the molecule is CC(=O)OC1C=CC2OC2(COC(=O)c2ccccc2)C1OC(C)=O. The average molecular weight is 346 g/mol. The van der Waals surface area contributed by atoms with Gasteiger partial charge in [0.15, 0.2) is 17.8 Å². The monoisotopic (exact) mass is 346 g/mol. The van der Waals surface area contributed by atoms with Gasteiger partial charge in [-0.05, 0) is 18.2 Å². The van der Waals surface area contributed by atoms with Gasteiger partial charge in [-0.15, -0.1) is 0 Å². The zero-order valence-corrected chi connectivity index (χ0v) is 13.8. The van der Waals surface area contributed by atoms with E-state index in [4.69, 9.17) is 18.9 Å². The Balaban J connectivity index is 1.74. The molecule has 7 heteroatoms. The summed E-state index contributed by atoms with van der Waals surface area (Å²) in [5, 5.41) is 0. The van der Waals surface area contributed by atoms with Crippen molar-refractivity contribution < 1.29 is 33.3 Å². The van der Waals surface area contributed by atoms with Crippen LogP contribution in [0.4, 0.5) is 0 Å². The van der Waals surface area contributed by atoms with E-state index < -0.39 is 35.7 Å². The van der Waals surface area contributed by atoms with Gasteiger partial charge in [0.05, 0.1) is 5.56 Å². The van der Waals surface area contributed by atoms with Crippen molar-refractivity contribution in [1.82, 2.24) is 0 Å². The second kappa shape index (κ2) is 6.68. The molecule has 4 unspecified atom stereocenters. The summed E-state index contributed by atoms with van der Waals surface area (Å²) in [5.41, 5.74) is -0.631. The van der Waals surface area contributed by atoms with Gasteiger partial charge in [-0.25, -0.2) is 4.79 Å². The minimum Gasteiger partial charge on any atom is -0.459 e. The standard InChI is InChI=1S/C18H18O7/c1-11(19)23-14-8-9-15-18(25-15,16(14)24-12(2)20)10-22-17(21)13-6-4-3-5-7-13/h3-9,14-16H,10H2,1-2H3. The Morgan fingerprint density at radius 3 is 2.36 bits per heavy atom. The lowest BCUT2D eigenvalue weighted by molar-refractivity contribution is -0.168. The Hall–Kier alpha value is -2.67. The fourth-order valence-corrected chi connectivity index (χ4v) is 2.90. The van der Waals surface area contributed by atoms with Gasteiger partial charge in [0.25, 0.3) is 0 Å². The van der Waals surface area contributed by atoms with E-state index in [1.165, 1.54) is 13.8 Å². The molecule has 0 amide bonds. The van der Waals surface area contributed by atoms with Gasteiger partial charge >= 0.3 is 17.9 Å². The summed E-state index contributed by atoms with van der Waals surface area (Å²) in [6.45, 7) is 2.40. The maximum absolute atomic E-state index is 12.1. The molecule has 2 aliphatic rings. The van der Waals surface area contributed by atoms with Crippen molar-refractivity contribution in [2.75, 3.05) is 6.61 Å². The normalized spacial score (nSPS) is 29.3. The number of rotatable bonds is 5. The van der Waals surface area contributed by atoms with Gasteiger partial charge in [-0.3, -0.25) is 9.59 Å². The van der Waals surface area contributed by atoms with E-state index >= 15 is 0 Å².